The second kappa shape index (κ2) is 6.53. The largest absolute Gasteiger partial charge is 0.465 e. The number of rotatable bonds is 6. The number of esters is 2. The van der Waals surface area contributed by atoms with Gasteiger partial charge in [-0.2, -0.15) is 0 Å². The maximum Gasteiger partial charge on any atom is 0.350 e. The Kier molecular flexibility index (Phi) is 5.31. The molecule has 1 N–H and O–H groups in total. The van der Waals surface area contributed by atoms with E-state index in [4.69, 9.17) is 0 Å². The fraction of sp³-hybridized carbons (Fsp3) is 0.400. The highest BCUT2D eigenvalue weighted by Gasteiger charge is 2.21. The van der Waals surface area contributed by atoms with Gasteiger partial charge in [0.1, 0.15) is 4.88 Å². The molecule has 0 aliphatic rings. The summed E-state index contributed by atoms with van der Waals surface area (Å²) >= 11 is 1.03. The van der Waals surface area contributed by atoms with Gasteiger partial charge in [-0.25, -0.2) is 13.2 Å². The van der Waals surface area contributed by atoms with Gasteiger partial charge in [-0.1, -0.05) is 0 Å². The summed E-state index contributed by atoms with van der Waals surface area (Å²) in [6, 6.07) is 1.42. The lowest BCUT2D eigenvalue weighted by atomic mass is 10.4. The second-order valence-corrected chi connectivity index (χ2v) is 5.96. The van der Waals surface area contributed by atoms with Crippen molar-refractivity contribution in [2.75, 3.05) is 24.2 Å². The minimum absolute atomic E-state index is 0.0844. The van der Waals surface area contributed by atoms with Crippen LogP contribution in [0.5, 0.6) is 0 Å². The summed E-state index contributed by atoms with van der Waals surface area (Å²) in [7, 11) is -2.72. The number of methoxy groups -OCH3 is 1. The first-order valence-electron chi connectivity index (χ1n) is 5.21. The molecule has 19 heavy (non-hydrogen) atoms. The molecule has 106 valence electrons. The fourth-order valence-corrected chi connectivity index (χ4v) is 3.00. The smallest absolute Gasteiger partial charge is 0.350 e. The van der Waals surface area contributed by atoms with Crippen LogP contribution in [0.2, 0.25) is 0 Å². The van der Waals surface area contributed by atoms with Crippen molar-refractivity contribution >= 4 is 39.0 Å². The van der Waals surface area contributed by atoms with E-state index in [-0.39, 0.29) is 17.2 Å². The zero-order chi connectivity index (χ0) is 14.5. The third-order valence-corrected chi connectivity index (χ3v) is 3.96. The number of ether oxygens (including phenoxy) is 2. The normalized spacial score (nSPS) is 10.8. The molecule has 1 heterocycles. The van der Waals surface area contributed by atoms with Gasteiger partial charge in [0.25, 0.3) is 0 Å². The molecule has 0 atom stereocenters. The molecule has 0 aliphatic heterocycles. The Morgan fingerprint density at radius 3 is 2.68 bits per heavy atom. The Bertz CT molecular complexity index is 562. The average molecular weight is 307 g/mol. The first kappa shape index (κ1) is 15.4. The van der Waals surface area contributed by atoms with E-state index < -0.39 is 27.7 Å². The van der Waals surface area contributed by atoms with Crippen LogP contribution in [0.25, 0.3) is 0 Å². The number of thiophene rings is 1. The third-order valence-electron chi connectivity index (χ3n) is 1.91. The molecule has 0 saturated heterocycles. The molecule has 1 aromatic heterocycles. The number of hydrogen-bond acceptors (Lipinski definition) is 7. The molecule has 9 heteroatoms. The van der Waals surface area contributed by atoms with Gasteiger partial charge < -0.3 is 9.47 Å². The zero-order valence-corrected chi connectivity index (χ0v) is 12.0. The Morgan fingerprint density at radius 2 is 2.11 bits per heavy atom. The molecule has 1 rings (SSSR count). The molecular weight excluding hydrogens is 294 g/mol. The van der Waals surface area contributed by atoms with Crippen LogP contribution in [0.4, 0.5) is 5.69 Å². The predicted octanol–water partition coefficient (Wildman–Crippen LogP) is 0.839. The van der Waals surface area contributed by atoms with E-state index in [2.05, 4.69) is 14.2 Å². The number of hydrogen-bond donors (Lipinski definition) is 1. The van der Waals surface area contributed by atoms with Crippen molar-refractivity contribution < 1.29 is 27.5 Å². The van der Waals surface area contributed by atoms with E-state index in [0.29, 0.717) is 0 Å². The van der Waals surface area contributed by atoms with Crippen molar-refractivity contribution in [3.05, 3.63) is 16.3 Å². The second-order valence-electron chi connectivity index (χ2n) is 3.32. The molecule has 0 radical (unpaired) electrons. The fourth-order valence-electron chi connectivity index (χ4n) is 1.20. The Labute approximate surface area is 114 Å². The molecule has 0 aliphatic carbocycles. The van der Waals surface area contributed by atoms with E-state index in [1.807, 2.05) is 0 Å². The van der Waals surface area contributed by atoms with E-state index in [1.54, 1.807) is 6.92 Å². The minimum Gasteiger partial charge on any atom is -0.465 e. The Balaban J connectivity index is 2.82. The topological polar surface area (TPSA) is 98.8 Å². The molecule has 0 fully saturated rings. The summed E-state index contributed by atoms with van der Waals surface area (Å²) < 4.78 is 34.6. The number of nitrogens with one attached hydrogen (secondary N) is 1. The molecule has 0 bridgehead atoms. The van der Waals surface area contributed by atoms with E-state index in [1.165, 1.54) is 18.6 Å². The SMILES string of the molecule is CCOC(=O)CS(=O)(=O)Nc1ccsc1C(=O)OC. The molecule has 0 spiro atoms. The monoisotopic (exact) mass is 307 g/mol. The van der Waals surface area contributed by atoms with Crippen molar-refractivity contribution in [2.24, 2.45) is 0 Å². The summed E-state index contributed by atoms with van der Waals surface area (Å²) in [5.41, 5.74) is 0.0844. The first-order valence-corrected chi connectivity index (χ1v) is 7.74. The highest BCUT2D eigenvalue weighted by Crippen LogP contribution is 2.24. The predicted molar refractivity (Wildman–Crippen MR) is 69.7 cm³/mol. The van der Waals surface area contributed by atoms with Gasteiger partial charge in [0.15, 0.2) is 5.75 Å². The van der Waals surface area contributed by atoms with Crippen LogP contribution in [0.15, 0.2) is 11.4 Å². The highest BCUT2D eigenvalue weighted by atomic mass is 32.2. The summed E-state index contributed by atoms with van der Waals surface area (Å²) in [5, 5.41) is 1.54. The lowest BCUT2D eigenvalue weighted by Crippen LogP contribution is -2.24. The summed E-state index contributed by atoms with van der Waals surface area (Å²) in [4.78, 5) is 22.6. The van der Waals surface area contributed by atoms with Gasteiger partial charge in [-0.15, -0.1) is 11.3 Å². The molecule has 0 unspecified atom stereocenters. The Hall–Kier alpha value is -1.61. The average Bonchev–Trinajstić information content (AvgIpc) is 2.74. The van der Waals surface area contributed by atoms with Crippen molar-refractivity contribution in [2.45, 2.75) is 6.92 Å². The molecule has 7 nitrogen and oxygen atoms in total. The van der Waals surface area contributed by atoms with Gasteiger partial charge in [0.2, 0.25) is 10.0 Å². The van der Waals surface area contributed by atoms with Crippen molar-refractivity contribution in [3.8, 4) is 0 Å². The zero-order valence-electron chi connectivity index (χ0n) is 10.3. The number of sulfonamides is 1. The van der Waals surface area contributed by atoms with Crippen LogP contribution < -0.4 is 4.72 Å². The van der Waals surface area contributed by atoms with E-state index >= 15 is 0 Å². The van der Waals surface area contributed by atoms with Crippen LogP contribution in [0.3, 0.4) is 0 Å². The van der Waals surface area contributed by atoms with Crippen LogP contribution >= 0.6 is 11.3 Å². The standard InChI is InChI=1S/C10H13NO6S2/c1-3-17-8(12)6-19(14,15)11-7-4-5-18-9(7)10(13)16-2/h4-5,11H,3,6H2,1-2H3. The van der Waals surface area contributed by atoms with Crippen molar-refractivity contribution in [1.29, 1.82) is 0 Å². The van der Waals surface area contributed by atoms with Crippen molar-refractivity contribution in [1.82, 2.24) is 0 Å². The Morgan fingerprint density at radius 1 is 1.42 bits per heavy atom. The lowest BCUT2D eigenvalue weighted by Gasteiger charge is -2.07. The minimum atomic E-state index is -3.92. The van der Waals surface area contributed by atoms with Gasteiger partial charge in [0.05, 0.1) is 19.4 Å². The maximum absolute atomic E-state index is 11.7. The summed E-state index contributed by atoms with van der Waals surface area (Å²) in [6.45, 7) is 1.67. The maximum atomic E-state index is 11.7. The number of carbonyl (C=O) groups excluding carboxylic acids is 2. The van der Waals surface area contributed by atoms with Gasteiger partial charge in [-0.3, -0.25) is 9.52 Å². The van der Waals surface area contributed by atoms with Gasteiger partial charge >= 0.3 is 11.9 Å². The highest BCUT2D eigenvalue weighted by molar-refractivity contribution is 7.93. The molecule has 0 amide bonds. The van der Waals surface area contributed by atoms with Gasteiger partial charge in [0, 0.05) is 0 Å². The number of anilines is 1. The van der Waals surface area contributed by atoms with Crippen LogP contribution in [-0.4, -0.2) is 39.8 Å². The first-order chi connectivity index (χ1) is 8.89. The quantitative estimate of drug-likeness (QED) is 0.782. The molecule has 0 saturated carbocycles. The van der Waals surface area contributed by atoms with Crippen LogP contribution in [0, 0.1) is 0 Å². The molecule has 0 aromatic carbocycles. The molecule has 1 aromatic rings. The number of carbonyl (C=O) groups is 2. The van der Waals surface area contributed by atoms with E-state index in [9.17, 15) is 18.0 Å². The van der Waals surface area contributed by atoms with Crippen LogP contribution in [-0.2, 0) is 24.3 Å². The van der Waals surface area contributed by atoms with Crippen molar-refractivity contribution in [3.63, 3.8) is 0 Å². The lowest BCUT2D eigenvalue weighted by molar-refractivity contribution is -0.139. The third kappa shape index (κ3) is 4.52. The van der Waals surface area contributed by atoms with Crippen LogP contribution in [0.1, 0.15) is 16.6 Å². The summed E-state index contributed by atoms with van der Waals surface area (Å²) in [6.07, 6.45) is 0. The summed E-state index contributed by atoms with van der Waals surface area (Å²) in [5.74, 6) is -2.31. The molecular formula is C10H13NO6S2. The van der Waals surface area contributed by atoms with E-state index in [0.717, 1.165) is 11.3 Å². The van der Waals surface area contributed by atoms with Gasteiger partial charge in [-0.05, 0) is 18.4 Å².